The standard InChI is InChI=1S/C12H10O3/c13-8-5-6-10-11(12(8)14)7-3-1-2-4-9(7)15-10/h1-6,8,12-14H/t8-,12-/m0/s1. The molecule has 0 aliphatic heterocycles. The summed E-state index contributed by atoms with van der Waals surface area (Å²) in [5.41, 5.74) is 1.42. The van der Waals surface area contributed by atoms with Gasteiger partial charge in [-0.05, 0) is 18.2 Å². The van der Waals surface area contributed by atoms with Gasteiger partial charge in [0.2, 0.25) is 0 Å². The van der Waals surface area contributed by atoms with Gasteiger partial charge in [0.25, 0.3) is 0 Å². The summed E-state index contributed by atoms with van der Waals surface area (Å²) in [6, 6.07) is 7.49. The van der Waals surface area contributed by atoms with Gasteiger partial charge in [-0.15, -0.1) is 0 Å². The maximum atomic E-state index is 9.86. The van der Waals surface area contributed by atoms with Gasteiger partial charge in [-0.2, -0.15) is 0 Å². The number of aliphatic hydroxyl groups is 2. The Balaban J connectivity index is 2.35. The second-order valence-electron chi connectivity index (χ2n) is 3.67. The average Bonchev–Trinajstić information content (AvgIpc) is 2.62. The molecule has 0 unspecified atom stereocenters. The van der Waals surface area contributed by atoms with Crippen molar-refractivity contribution >= 4 is 17.0 Å². The highest BCUT2D eigenvalue weighted by molar-refractivity contribution is 5.85. The number of fused-ring (bicyclic) bond motifs is 3. The largest absolute Gasteiger partial charge is 0.456 e. The molecule has 1 aliphatic carbocycles. The lowest BCUT2D eigenvalue weighted by molar-refractivity contribution is 0.0471. The number of hydrogen-bond donors (Lipinski definition) is 2. The molecule has 0 amide bonds. The van der Waals surface area contributed by atoms with Crippen LogP contribution in [0.1, 0.15) is 17.4 Å². The lowest BCUT2D eigenvalue weighted by atomic mass is 9.96. The average molecular weight is 202 g/mol. The van der Waals surface area contributed by atoms with Crippen molar-refractivity contribution in [2.24, 2.45) is 0 Å². The molecule has 1 heterocycles. The number of furan rings is 1. The normalized spacial score (nSPS) is 24.4. The number of benzene rings is 1. The van der Waals surface area contributed by atoms with Crippen molar-refractivity contribution in [3.05, 3.63) is 41.7 Å². The fraction of sp³-hybridized carbons (Fsp3) is 0.167. The second kappa shape index (κ2) is 2.95. The van der Waals surface area contributed by atoms with E-state index in [0.29, 0.717) is 11.3 Å². The van der Waals surface area contributed by atoms with Crippen LogP contribution in [0.5, 0.6) is 0 Å². The molecule has 3 rings (SSSR count). The number of para-hydroxylation sites is 1. The van der Waals surface area contributed by atoms with Crippen molar-refractivity contribution in [2.75, 3.05) is 0 Å². The van der Waals surface area contributed by atoms with Gasteiger partial charge in [-0.1, -0.05) is 18.2 Å². The summed E-state index contributed by atoms with van der Waals surface area (Å²) < 4.78 is 5.55. The van der Waals surface area contributed by atoms with Gasteiger partial charge in [0.1, 0.15) is 23.6 Å². The van der Waals surface area contributed by atoms with Crippen molar-refractivity contribution in [1.82, 2.24) is 0 Å². The molecule has 0 fully saturated rings. The predicted molar refractivity (Wildman–Crippen MR) is 56.2 cm³/mol. The van der Waals surface area contributed by atoms with Gasteiger partial charge in [-0.25, -0.2) is 0 Å². The molecule has 76 valence electrons. The van der Waals surface area contributed by atoms with Gasteiger partial charge < -0.3 is 14.6 Å². The zero-order valence-corrected chi connectivity index (χ0v) is 7.92. The second-order valence-corrected chi connectivity index (χ2v) is 3.67. The minimum absolute atomic E-state index is 0.633. The van der Waals surface area contributed by atoms with E-state index in [4.69, 9.17) is 4.42 Å². The third-order valence-electron chi connectivity index (χ3n) is 2.73. The number of aliphatic hydroxyl groups excluding tert-OH is 2. The topological polar surface area (TPSA) is 53.6 Å². The smallest absolute Gasteiger partial charge is 0.135 e. The Labute approximate surface area is 86.3 Å². The SMILES string of the molecule is O[C@@H]1c2c(oc3ccccc23)C=C[C@@H]1O. The van der Waals surface area contributed by atoms with E-state index >= 15 is 0 Å². The highest BCUT2D eigenvalue weighted by Gasteiger charge is 2.27. The molecule has 0 radical (unpaired) electrons. The van der Waals surface area contributed by atoms with E-state index in [1.807, 2.05) is 24.3 Å². The molecule has 3 nitrogen and oxygen atoms in total. The maximum absolute atomic E-state index is 9.86. The molecule has 2 atom stereocenters. The van der Waals surface area contributed by atoms with E-state index in [1.165, 1.54) is 6.08 Å². The van der Waals surface area contributed by atoms with Crippen LogP contribution in [-0.4, -0.2) is 16.3 Å². The molecule has 3 heteroatoms. The van der Waals surface area contributed by atoms with Crippen molar-refractivity contribution in [1.29, 1.82) is 0 Å². The van der Waals surface area contributed by atoms with Crippen molar-refractivity contribution in [3.8, 4) is 0 Å². The summed E-state index contributed by atoms with van der Waals surface area (Å²) in [7, 11) is 0. The summed E-state index contributed by atoms with van der Waals surface area (Å²) in [5, 5.41) is 20.2. The highest BCUT2D eigenvalue weighted by atomic mass is 16.3. The fourth-order valence-electron chi connectivity index (χ4n) is 1.98. The van der Waals surface area contributed by atoms with E-state index in [0.717, 1.165) is 11.0 Å². The summed E-state index contributed by atoms with van der Waals surface area (Å²) in [6.45, 7) is 0. The minimum atomic E-state index is -0.895. The first-order chi connectivity index (χ1) is 7.27. The quantitative estimate of drug-likeness (QED) is 0.685. The molecule has 0 saturated heterocycles. The predicted octanol–water partition coefficient (Wildman–Crippen LogP) is 1.85. The Morgan fingerprint density at radius 3 is 2.80 bits per heavy atom. The number of rotatable bonds is 0. The number of hydrogen-bond acceptors (Lipinski definition) is 3. The highest BCUT2D eigenvalue weighted by Crippen LogP contribution is 2.36. The van der Waals surface area contributed by atoms with Crippen LogP contribution in [0.25, 0.3) is 17.0 Å². The maximum Gasteiger partial charge on any atom is 0.135 e. The van der Waals surface area contributed by atoms with Crippen molar-refractivity contribution in [2.45, 2.75) is 12.2 Å². The van der Waals surface area contributed by atoms with Gasteiger partial charge >= 0.3 is 0 Å². The van der Waals surface area contributed by atoms with Crippen molar-refractivity contribution in [3.63, 3.8) is 0 Å². The van der Waals surface area contributed by atoms with Crippen LogP contribution in [0.15, 0.2) is 34.8 Å². The van der Waals surface area contributed by atoms with Crippen LogP contribution in [0.4, 0.5) is 0 Å². The Hall–Kier alpha value is -1.58. The molecular weight excluding hydrogens is 192 g/mol. The Kier molecular flexibility index (Phi) is 1.71. The van der Waals surface area contributed by atoms with Crippen LogP contribution in [0.2, 0.25) is 0 Å². The molecule has 15 heavy (non-hydrogen) atoms. The summed E-state index contributed by atoms with van der Waals surface area (Å²) >= 11 is 0. The molecule has 0 spiro atoms. The first-order valence-corrected chi connectivity index (χ1v) is 4.83. The first-order valence-electron chi connectivity index (χ1n) is 4.83. The Morgan fingerprint density at radius 1 is 1.13 bits per heavy atom. The zero-order valence-electron chi connectivity index (χ0n) is 7.92. The van der Waals surface area contributed by atoms with Gasteiger partial charge in [-0.3, -0.25) is 0 Å². The van der Waals surface area contributed by atoms with E-state index in [9.17, 15) is 10.2 Å². The van der Waals surface area contributed by atoms with E-state index in [2.05, 4.69) is 0 Å². The van der Waals surface area contributed by atoms with Gasteiger partial charge in [0, 0.05) is 10.9 Å². The molecule has 1 aliphatic rings. The lowest BCUT2D eigenvalue weighted by Crippen LogP contribution is -2.18. The fourth-order valence-corrected chi connectivity index (χ4v) is 1.98. The first kappa shape index (κ1) is 8.71. The van der Waals surface area contributed by atoms with Crippen LogP contribution in [0.3, 0.4) is 0 Å². The van der Waals surface area contributed by atoms with E-state index in [-0.39, 0.29) is 0 Å². The molecule has 0 saturated carbocycles. The molecule has 2 N–H and O–H groups in total. The van der Waals surface area contributed by atoms with Gasteiger partial charge in [0.15, 0.2) is 0 Å². The Morgan fingerprint density at radius 2 is 1.93 bits per heavy atom. The minimum Gasteiger partial charge on any atom is -0.456 e. The van der Waals surface area contributed by atoms with Crippen LogP contribution in [0, 0.1) is 0 Å². The summed E-state index contributed by atoms with van der Waals surface area (Å²) in [4.78, 5) is 0. The van der Waals surface area contributed by atoms with Gasteiger partial charge in [0.05, 0.1) is 0 Å². The third-order valence-corrected chi connectivity index (χ3v) is 2.73. The Bertz CT molecular complexity index is 539. The zero-order chi connectivity index (χ0) is 10.4. The van der Waals surface area contributed by atoms with E-state index < -0.39 is 12.2 Å². The summed E-state index contributed by atoms with van der Waals surface area (Å²) in [5.74, 6) is 0.633. The van der Waals surface area contributed by atoms with Crippen LogP contribution >= 0.6 is 0 Å². The van der Waals surface area contributed by atoms with E-state index in [1.54, 1.807) is 6.08 Å². The molecule has 1 aromatic carbocycles. The van der Waals surface area contributed by atoms with Crippen LogP contribution in [-0.2, 0) is 0 Å². The third kappa shape index (κ3) is 1.14. The molecular formula is C12H10O3. The lowest BCUT2D eigenvalue weighted by Gasteiger charge is -2.17. The van der Waals surface area contributed by atoms with Crippen LogP contribution < -0.4 is 0 Å². The molecule has 1 aromatic heterocycles. The summed E-state index contributed by atoms with van der Waals surface area (Å²) in [6.07, 6.45) is 1.49. The molecule has 0 bridgehead atoms. The molecule has 2 aromatic rings. The monoisotopic (exact) mass is 202 g/mol. The van der Waals surface area contributed by atoms with Crippen molar-refractivity contribution < 1.29 is 14.6 Å².